The van der Waals surface area contributed by atoms with Gasteiger partial charge in [-0.2, -0.15) is 0 Å². The molecule has 132 valence electrons. The van der Waals surface area contributed by atoms with E-state index >= 15 is 0 Å². The summed E-state index contributed by atoms with van der Waals surface area (Å²) in [6.45, 7) is 0. The summed E-state index contributed by atoms with van der Waals surface area (Å²) in [5.41, 5.74) is 1.80. The van der Waals surface area contributed by atoms with Crippen LogP contribution in [-0.2, 0) is 10.5 Å². The van der Waals surface area contributed by atoms with Gasteiger partial charge in [-0.25, -0.2) is 0 Å². The van der Waals surface area contributed by atoms with Gasteiger partial charge in [0, 0.05) is 10.8 Å². The van der Waals surface area contributed by atoms with Crippen molar-refractivity contribution < 1.29 is 9.53 Å². The van der Waals surface area contributed by atoms with Crippen molar-refractivity contribution in [3.63, 3.8) is 0 Å². The number of thioether (sulfide) groups is 1. The van der Waals surface area contributed by atoms with Gasteiger partial charge in [0.1, 0.15) is 5.75 Å². The Kier molecular flexibility index (Phi) is 6.58. The summed E-state index contributed by atoms with van der Waals surface area (Å²) in [6, 6.07) is 24.6. The fourth-order valence-electron chi connectivity index (χ4n) is 2.30. The van der Waals surface area contributed by atoms with Crippen molar-refractivity contribution >= 4 is 35.0 Å². The molecule has 3 aromatic rings. The van der Waals surface area contributed by atoms with Crippen LogP contribution in [0.2, 0.25) is 5.02 Å². The van der Waals surface area contributed by atoms with E-state index in [1.54, 1.807) is 11.8 Å². The third kappa shape index (κ3) is 5.55. The zero-order valence-electron chi connectivity index (χ0n) is 14.0. The van der Waals surface area contributed by atoms with Gasteiger partial charge in [0.15, 0.2) is 5.75 Å². The zero-order valence-corrected chi connectivity index (χ0v) is 15.6. The lowest BCUT2D eigenvalue weighted by Gasteiger charge is -2.12. The van der Waals surface area contributed by atoms with E-state index in [0.717, 1.165) is 17.1 Å². The van der Waals surface area contributed by atoms with Crippen molar-refractivity contribution in [2.45, 2.75) is 5.75 Å². The first-order chi connectivity index (χ1) is 12.7. The average molecular weight is 384 g/mol. The van der Waals surface area contributed by atoms with Crippen LogP contribution in [0.15, 0.2) is 78.9 Å². The highest BCUT2D eigenvalue weighted by Crippen LogP contribution is 2.29. The molecule has 0 atom stereocenters. The molecule has 0 fully saturated rings. The van der Waals surface area contributed by atoms with Gasteiger partial charge >= 0.3 is 0 Å². The van der Waals surface area contributed by atoms with E-state index in [1.807, 2.05) is 78.9 Å². The number of carbonyl (C=O) groups is 1. The minimum absolute atomic E-state index is 0.0620. The maximum atomic E-state index is 12.3. The lowest BCUT2D eigenvalue weighted by Crippen LogP contribution is -2.14. The van der Waals surface area contributed by atoms with Gasteiger partial charge in [-0.3, -0.25) is 4.79 Å². The standard InChI is InChI=1S/C21H18ClNO2S/c22-17-12-10-16(11-13-17)14-26-15-21(24)23-19-8-4-5-9-20(19)25-18-6-2-1-3-7-18/h1-13H,14-15H2,(H,23,24). The molecule has 1 amide bonds. The second-order valence-corrected chi connectivity index (χ2v) is 7.00. The van der Waals surface area contributed by atoms with Crippen molar-refractivity contribution in [1.82, 2.24) is 0 Å². The van der Waals surface area contributed by atoms with Gasteiger partial charge in [0.25, 0.3) is 0 Å². The van der Waals surface area contributed by atoms with Crippen LogP contribution in [-0.4, -0.2) is 11.7 Å². The number of anilines is 1. The molecule has 5 heteroatoms. The van der Waals surface area contributed by atoms with Gasteiger partial charge < -0.3 is 10.1 Å². The minimum atomic E-state index is -0.0620. The summed E-state index contributed by atoms with van der Waals surface area (Å²) in [5.74, 6) is 2.41. The highest BCUT2D eigenvalue weighted by Gasteiger charge is 2.08. The number of halogens is 1. The van der Waals surface area contributed by atoms with Crippen molar-refractivity contribution in [2.75, 3.05) is 11.1 Å². The molecular weight excluding hydrogens is 366 g/mol. The Morgan fingerprint density at radius 3 is 2.38 bits per heavy atom. The minimum Gasteiger partial charge on any atom is -0.455 e. The molecule has 3 aromatic carbocycles. The van der Waals surface area contributed by atoms with E-state index in [0.29, 0.717) is 22.2 Å². The third-order valence-electron chi connectivity index (χ3n) is 3.55. The van der Waals surface area contributed by atoms with Gasteiger partial charge in [0.05, 0.1) is 11.4 Å². The summed E-state index contributed by atoms with van der Waals surface area (Å²) >= 11 is 7.43. The smallest absolute Gasteiger partial charge is 0.234 e. The number of hydrogen-bond acceptors (Lipinski definition) is 3. The second-order valence-electron chi connectivity index (χ2n) is 5.58. The van der Waals surface area contributed by atoms with Crippen molar-refractivity contribution in [1.29, 1.82) is 0 Å². The lowest BCUT2D eigenvalue weighted by molar-refractivity contribution is -0.113. The van der Waals surface area contributed by atoms with Gasteiger partial charge in [-0.05, 0) is 42.0 Å². The summed E-state index contributed by atoms with van der Waals surface area (Å²) in [5, 5.41) is 3.63. The number of nitrogens with one attached hydrogen (secondary N) is 1. The Morgan fingerprint density at radius 2 is 1.62 bits per heavy atom. The molecule has 3 nitrogen and oxygen atoms in total. The van der Waals surface area contributed by atoms with Gasteiger partial charge in [-0.15, -0.1) is 11.8 Å². The summed E-state index contributed by atoms with van der Waals surface area (Å²) in [4.78, 5) is 12.3. The predicted molar refractivity (Wildman–Crippen MR) is 109 cm³/mol. The van der Waals surface area contributed by atoms with Crippen LogP contribution in [0, 0.1) is 0 Å². The van der Waals surface area contributed by atoms with Crippen molar-refractivity contribution in [3.05, 3.63) is 89.4 Å². The molecule has 0 aliphatic rings. The largest absolute Gasteiger partial charge is 0.455 e. The Balaban J connectivity index is 1.55. The Hall–Kier alpha value is -2.43. The number of amides is 1. The van der Waals surface area contributed by atoms with Crippen molar-refractivity contribution in [2.24, 2.45) is 0 Å². The van der Waals surface area contributed by atoms with Crippen LogP contribution in [0.5, 0.6) is 11.5 Å². The molecule has 0 unspecified atom stereocenters. The molecule has 0 aliphatic carbocycles. The van der Waals surface area contributed by atoms with Crippen molar-refractivity contribution in [3.8, 4) is 11.5 Å². The molecule has 0 saturated heterocycles. The highest BCUT2D eigenvalue weighted by atomic mass is 35.5. The normalized spacial score (nSPS) is 10.3. The lowest BCUT2D eigenvalue weighted by atomic mass is 10.2. The number of carbonyl (C=O) groups excluding carboxylic acids is 1. The van der Waals surface area contributed by atoms with E-state index in [-0.39, 0.29) is 5.91 Å². The molecule has 0 heterocycles. The van der Waals surface area contributed by atoms with Gasteiger partial charge in [-0.1, -0.05) is 54.1 Å². The number of ether oxygens (including phenoxy) is 1. The molecule has 26 heavy (non-hydrogen) atoms. The zero-order chi connectivity index (χ0) is 18.2. The molecule has 3 rings (SSSR count). The number of hydrogen-bond donors (Lipinski definition) is 1. The summed E-state index contributed by atoms with van der Waals surface area (Å²) in [6.07, 6.45) is 0. The Morgan fingerprint density at radius 1 is 0.923 bits per heavy atom. The van der Waals surface area contributed by atoms with Crippen LogP contribution in [0.3, 0.4) is 0 Å². The maximum Gasteiger partial charge on any atom is 0.234 e. The number of rotatable bonds is 7. The quantitative estimate of drug-likeness (QED) is 0.543. The molecule has 0 aromatic heterocycles. The van der Waals surface area contributed by atoms with E-state index in [9.17, 15) is 4.79 Å². The summed E-state index contributed by atoms with van der Waals surface area (Å²) in [7, 11) is 0. The molecular formula is C21H18ClNO2S. The van der Waals surface area contributed by atoms with E-state index in [4.69, 9.17) is 16.3 Å². The number of benzene rings is 3. The summed E-state index contributed by atoms with van der Waals surface area (Å²) < 4.78 is 5.86. The van der Waals surface area contributed by atoms with Crippen LogP contribution < -0.4 is 10.1 Å². The third-order valence-corrected chi connectivity index (χ3v) is 4.80. The first kappa shape index (κ1) is 18.4. The highest BCUT2D eigenvalue weighted by molar-refractivity contribution is 7.99. The molecule has 0 radical (unpaired) electrons. The first-order valence-corrected chi connectivity index (χ1v) is 9.68. The molecule has 0 saturated carbocycles. The van der Waals surface area contributed by atoms with E-state index in [2.05, 4.69) is 5.32 Å². The topological polar surface area (TPSA) is 38.3 Å². The average Bonchev–Trinajstić information content (AvgIpc) is 2.66. The molecule has 0 aliphatic heterocycles. The predicted octanol–water partition coefficient (Wildman–Crippen LogP) is 6.00. The number of para-hydroxylation sites is 3. The van der Waals surface area contributed by atoms with Crippen LogP contribution in [0.25, 0.3) is 0 Å². The fraction of sp³-hybridized carbons (Fsp3) is 0.0952. The van der Waals surface area contributed by atoms with E-state index in [1.165, 1.54) is 0 Å². The van der Waals surface area contributed by atoms with Crippen LogP contribution >= 0.6 is 23.4 Å². The molecule has 0 spiro atoms. The molecule has 0 bridgehead atoms. The molecule has 1 N–H and O–H groups in total. The monoisotopic (exact) mass is 383 g/mol. The van der Waals surface area contributed by atoms with Gasteiger partial charge in [0.2, 0.25) is 5.91 Å². The Labute approximate surface area is 162 Å². The second kappa shape index (κ2) is 9.32. The maximum absolute atomic E-state index is 12.3. The Bertz CT molecular complexity index is 853. The van der Waals surface area contributed by atoms with E-state index < -0.39 is 0 Å². The van der Waals surface area contributed by atoms with Crippen LogP contribution in [0.4, 0.5) is 5.69 Å². The van der Waals surface area contributed by atoms with Crippen LogP contribution in [0.1, 0.15) is 5.56 Å². The SMILES string of the molecule is O=C(CSCc1ccc(Cl)cc1)Nc1ccccc1Oc1ccccc1. The fourth-order valence-corrected chi connectivity index (χ4v) is 3.22. The first-order valence-electron chi connectivity index (χ1n) is 8.15.